The Morgan fingerprint density at radius 1 is 1.19 bits per heavy atom. The Bertz CT molecular complexity index is 848. The third-order valence-corrected chi connectivity index (χ3v) is 7.10. The zero-order chi connectivity index (χ0) is 19.4. The van der Waals surface area contributed by atoms with Gasteiger partial charge in [-0.05, 0) is 26.0 Å². The van der Waals surface area contributed by atoms with Gasteiger partial charge in [-0.2, -0.15) is 0 Å². The second kappa shape index (κ2) is 8.54. The number of aromatic nitrogens is 2. The number of likely N-dealkylation sites (N-methyl/N-ethyl adjacent to an activating group) is 1. The third kappa shape index (κ3) is 4.78. The summed E-state index contributed by atoms with van der Waals surface area (Å²) in [6, 6.07) is 10.7. The third-order valence-electron chi connectivity index (χ3n) is 5.46. The summed E-state index contributed by atoms with van der Waals surface area (Å²) in [5.41, 5.74) is 2.18. The van der Waals surface area contributed by atoms with Crippen LogP contribution in [0.25, 0.3) is 0 Å². The summed E-state index contributed by atoms with van der Waals surface area (Å²) in [5.74, 6) is 0.0698. The highest BCUT2D eigenvalue weighted by Crippen LogP contribution is 2.18. The van der Waals surface area contributed by atoms with E-state index < -0.39 is 9.84 Å². The average molecular weight is 391 g/mol. The van der Waals surface area contributed by atoms with Gasteiger partial charge in [0.1, 0.15) is 0 Å². The van der Waals surface area contributed by atoms with E-state index in [0.29, 0.717) is 12.6 Å². The minimum absolute atomic E-state index is 0.0698. The summed E-state index contributed by atoms with van der Waals surface area (Å²) in [5, 5.41) is 0.207. The number of nitrogens with zero attached hydrogens (tertiary/aromatic N) is 4. The molecule has 0 N–H and O–H groups in total. The normalized spacial score (nSPS) is 19.4. The molecule has 0 spiro atoms. The Hall–Kier alpha value is -1.70. The van der Waals surface area contributed by atoms with Crippen LogP contribution in [0.3, 0.4) is 0 Å². The first kappa shape index (κ1) is 20.0. The molecule has 148 valence electrons. The fourth-order valence-electron chi connectivity index (χ4n) is 3.52. The molecule has 2 heterocycles. The number of hydrogen-bond acceptors (Lipinski definition) is 5. The van der Waals surface area contributed by atoms with Gasteiger partial charge in [-0.1, -0.05) is 37.3 Å². The van der Waals surface area contributed by atoms with Gasteiger partial charge in [-0.3, -0.25) is 4.90 Å². The second-order valence-corrected chi connectivity index (χ2v) is 9.56. The van der Waals surface area contributed by atoms with Gasteiger partial charge in [-0.25, -0.2) is 13.4 Å². The molecule has 1 aromatic heterocycles. The Morgan fingerprint density at radius 2 is 1.93 bits per heavy atom. The molecule has 0 saturated carbocycles. The van der Waals surface area contributed by atoms with Crippen LogP contribution in [-0.2, 0) is 29.3 Å². The molecule has 0 aliphatic carbocycles. The lowest BCUT2D eigenvalue weighted by molar-refractivity contribution is 0.0980. The number of imidazole rings is 1. The molecular formula is C20H30N4O2S. The van der Waals surface area contributed by atoms with Gasteiger partial charge in [0.25, 0.3) is 0 Å². The molecule has 2 aromatic rings. The Labute approximate surface area is 162 Å². The van der Waals surface area contributed by atoms with E-state index in [4.69, 9.17) is 0 Å². The minimum atomic E-state index is -3.35. The van der Waals surface area contributed by atoms with Gasteiger partial charge < -0.3 is 9.47 Å². The summed E-state index contributed by atoms with van der Waals surface area (Å²) >= 11 is 0. The van der Waals surface area contributed by atoms with Crippen molar-refractivity contribution in [2.24, 2.45) is 0 Å². The van der Waals surface area contributed by atoms with E-state index in [1.165, 1.54) is 5.56 Å². The molecule has 0 radical (unpaired) electrons. The van der Waals surface area contributed by atoms with Crippen LogP contribution in [0.15, 0.2) is 41.7 Å². The van der Waals surface area contributed by atoms with Crippen LogP contribution in [0.4, 0.5) is 0 Å². The number of benzene rings is 1. The minimum Gasteiger partial charge on any atom is -0.317 e. The molecule has 1 aromatic carbocycles. The van der Waals surface area contributed by atoms with Crippen molar-refractivity contribution >= 4 is 9.84 Å². The second-order valence-electron chi connectivity index (χ2n) is 7.39. The summed E-state index contributed by atoms with van der Waals surface area (Å²) in [6.07, 6.45) is 2.53. The Balaban J connectivity index is 1.82. The molecule has 1 atom stereocenters. The molecule has 0 unspecified atom stereocenters. The molecule has 7 heteroatoms. The Kier molecular flexibility index (Phi) is 6.34. The van der Waals surface area contributed by atoms with Crippen molar-refractivity contribution in [3.63, 3.8) is 0 Å². The number of sulfone groups is 1. The predicted octanol–water partition coefficient (Wildman–Crippen LogP) is 2.06. The summed E-state index contributed by atoms with van der Waals surface area (Å²) in [6.45, 7) is 8.26. The summed E-state index contributed by atoms with van der Waals surface area (Å²) in [4.78, 5) is 9.06. The molecule has 1 aliphatic heterocycles. The maximum Gasteiger partial charge on any atom is 0.227 e. The van der Waals surface area contributed by atoms with E-state index in [-0.39, 0.29) is 10.9 Å². The average Bonchev–Trinajstić information content (AvgIpc) is 3.07. The highest BCUT2D eigenvalue weighted by Gasteiger charge is 2.25. The summed E-state index contributed by atoms with van der Waals surface area (Å²) < 4.78 is 27.0. The van der Waals surface area contributed by atoms with Gasteiger partial charge in [0.05, 0.1) is 17.6 Å². The van der Waals surface area contributed by atoms with E-state index >= 15 is 0 Å². The predicted molar refractivity (Wildman–Crippen MR) is 107 cm³/mol. The largest absolute Gasteiger partial charge is 0.317 e. The number of hydrogen-bond donors (Lipinski definition) is 0. The lowest BCUT2D eigenvalue weighted by Crippen LogP contribution is -2.49. The van der Waals surface area contributed by atoms with Crippen LogP contribution in [0, 0.1) is 0 Å². The van der Waals surface area contributed by atoms with Gasteiger partial charge in [0.15, 0.2) is 0 Å². The molecule has 0 bridgehead atoms. The van der Waals surface area contributed by atoms with Crippen molar-refractivity contribution in [1.29, 1.82) is 0 Å². The zero-order valence-electron chi connectivity index (χ0n) is 16.5. The number of aryl methyl sites for hydroxylation is 1. The van der Waals surface area contributed by atoms with E-state index in [2.05, 4.69) is 40.9 Å². The molecule has 3 rings (SSSR count). The van der Waals surface area contributed by atoms with Crippen molar-refractivity contribution in [3.05, 3.63) is 47.8 Å². The van der Waals surface area contributed by atoms with E-state index in [1.807, 2.05) is 22.8 Å². The standard InChI is InChI=1S/C20H30N4O2S/c1-4-27(25,26)20-21-14-19(16-23-13-12-22(3)17(2)15-23)24(20)11-10-18-8-6-5-7-9-18/h5-9,14,17H,4,10-13,15-16H2,1-3H3/t17-/m1/s1. The monoisotopic (exact) mass is 390 g/mol. The summed E-state index contributed by atoms with van der Waals surface area (Å²) in [7, 11) is -1.20. The topological polar surface area (TPSA) is 58.4 Å². The molecule has 1 fully saturated rings. The van der Waals surface area contributed by atoms with Gasteiger partial charge >= 0.3 is 0 Å². The van der Waals surface area contributed by atoms with E-state index in [0.717, 1.165) is 38.3 Å². The highest BCUT2D eigenvalue weighted by atomic mass is 32.2. The van der Waals surface area contributed by atoms with Crippen molar-refractivity contribution in [2.75, 3.05) is 32.4 Å². The first-order chi connectivity index (χ1) is 12.9. The SMILES string of the molecule is CCS(=O)(=O)c1ncc(CN2CCN(C)[C@H](C)C2)n1CCc1ccccc1. The number of piperazine rings is 1. The molecule has 1 aliphatic rings. The van der Waals surface area contributed by atoms with E-state index in [1.54, 1.807) is 13.1 Å². The molecule has 27 heavy (non-hydrogen) atoms. The molecule has 0 amide bonds. The molecular weight excluding hydrogens is 360 g/mol. The molecule has 1 saturated heterocycles. The van der Waals surface area contributed by atoms with Crippen molar-refractivity contribution in [2.45, 2.75) is 44.6 Å². The van der Waals surface area contributed by atoms with Crippen molar-refractivity contribution < 1.29 is 8.42 Å². The van der Waals surface area contributed by atoms with E-state index in [9.17, 15) is 8.42 Å². The van der Waals surface area contributed by atoms with Gasteiger partial charge in [0.2, 0.25) is 15.0 Å². The van der Waals surface area contributed by atoms with Crippen LogP contribution in [-0.4, -0.2) is 66.2 Å². The lowest BCUT2D eigenvalue weighted by Gasteiger charge is -2.37. The van der Waals surface area contributed by atoms with Crippen LogP contribution >= 0.6 is 0 Å². The highest BCUT2D eigenvalue weighted by molar-refractivity contribution is 7.91. The zero-order valence-corrected chi connectivity index (χ0v) is 17.3. The maximum atomic E-state index is 12.5. The quantitative estimate of drug-likeness (QED) is 0.724. The first-order valence-corrected chi connectivity index (χ1v) is 11.3. The van der Waals surface area contributed by atoms with Crippen LogP contribution in [0.2, 0.25) is 0 Å². The van der Waals surface area contributed by atoms with Crippen LogP contribution in [0.1, 0.15) is 25.1 Å². The maximum absolute atomic E-state index is 12.5. The smallest absolute Gasteiger partial charge is 0.227 e. The fourth-order valence-corrected chi connectivity index (χ4v) is 4.53. The van der Waals surface area contributed by atoms with Crippen LogP contribution in [0.5, 0.6) is 0 Å². The molecule has 6 nitrogen and oxygen atoms in total. The van der Waals surface area contributed by atoms with Crippen molar-refractivity contribution in [1.82, 2.24) is 19.4 Å². The number of rotatable bonds is 7. The fraction of sp³-hybridized carbons (Fsp3) is 0.550. The lowest BCUT2D eigenvalue weighted by atomic mass is 10.1. The van der Waals surface area contributed by atoms with Gasteiger partial charge in [0, 0.05) is 38.8 Å². The van der Waals surface area contributed by atoms with Crippen molar-refractivity contribution in [3.8, 4) is 0 Å². The van der Waals surface area contributed by atoms with Gasteiger partial charge in [-0.15, -0.1) is 0 Å². The first-order valence-electron chi connectivity index (χ1n) is 9.64. The Morgan fingerprint density at radius 3 is 2.59 bits per heavy atom. The van der Waals surface area contributed by atoms with Crippen LogP contribution < -0.4 is 0 Å².